The molecule has 0 saturated carbocycles. The fourth-order valence-corrected chi connectivity index (χ4v) is 4.46. The summed E-state index contributed by atoms with van der Waals surface area (Å²) in [5.41, 5.74) is 8.55. The number of aromatic nitrogens is 4. The third kappa shape index (κ3) is 5.37. The van der Waals surface area contributed by atoms with Crippen molar-refractivity contribution in [1.29, 1.82) is 0 Å². The molecule has 8 heteroatoms. The standard InChI is InChI=1S/C19H27N5OS2/c1-14-16(6-8-21-18(14)20)26-17-12-22-19-15(23-17)7-9-24(19)13-25-10-5-11-27(2,3)4/h6-9,12H,5,10-11,13H2,1-4H3,(H2,20,21). The van der Waals surface area contributed by atoms with Crippen molar-refractivity contribution < 1.29 is 4.74 Å². The number of nitrogens with two attached hydrogens (primary N) is 1. The van der Waals surface area contributed by atoms with Gasteiger partial charge in [0.2, 0.25) is 0 Å². The zero-order chi connectivity index (χ0) is 19.4. The Morgan fingerprint density at radius 1 is 1.22 bits per heavy atom. The van der Waals surface area contributed by atoms with Crippen molar-refractivity contribution in [1.82, 2.24) is 19.5 Å². The van der Waals surface area contributed by atoms with Gasteiger partial charge in [0.05, 0.1) is 6.20 Å². The number of anilines is 1. The Bertz CT molecular complexity index is 920. The van der Waals surface area contributed by atoms with E-state index in [2.05, 4.69) is 28.7 Å². The van der Waals surface area contributed by atoms with Crippen LogP contribution in [-0.2, 0) is 11.5 Å². The summed E-state index contributed by atoms with van der Waals surface area (Å²) in [5, 5.41) is 0.836. The molecule has 0 aliphatic rings. The molecule has 3 heterocycles. The second-order valence-electron chi connectivity index (χ2n) is 7.31. The summed E-state index contributed by atoms with van der Waals surface area (Å²) in [4.78, 5) is 14.4. The molecule has 6 nitrogen and oxygen atoms in total. The van der Waals surface area contributed by atoms with Crippen molar-refractivity contribution in [2.24, 2.45) is 0 Å². The van der Waals surface area contributed by atoms with Crippen LogP contribution in [0.3, 0.4) is 0 Å². The summed E-state index contributed by atoms with van der Waals surface area (Å²) in [7, 11) is -0.453. The molecule has 0 aliphatic carbocycles. The number of rotatable bonds is 8. The lowest BCUT2D eigenvalue weighted by Crippen LogP contribution is -2.07. The average molecular weight is 406 g/mol. The third-order valence-corrected chi connectivity index (χ3v) is 6.71. The number of hydrogen-bond acceptors (Lipinski definition) is 6. The molecular weight excluding hydrogens is 378 g/mol. The van der Waals surface area contributed by atoms with Gasteiger partial charge in [-0.05, 0) is 50.0 Å². The maximum Gasteiger partial charge on any atom is 0.160 e. The number of pyridine rings is 1. The lowest BCUT2D eigenvalue weighted by Gasteiger charge is -2.24. The highest BCUT2D eigenvalue weighted by Gasteiger charge is 2.09. The first-order chi connectivity index (χ1) is 12.8. The molecule has 0 radical (unpaired) electrons. The minimum absolute atomic E-state index is 0.453. The van der Waals surface area contributed by atoms with E-state index >= 15 is 0 Å². The van der Waals surface area contributed by atoms with Crippen LogP contribution in [0.5, 0.6) is 0 Å². The first-order valence-corrected chi connectivity index (χ1v) is 12.6. The van der Waals surface area contributed by atoms with Gasteiger partial charge in [-0.15, -0.1) is 0 Å². The molecule has 0 aromatic carbocycles. The summed E-state index contributed by atoms with van der Waals surface area (Å²) in [6.45, 7) is 3.24. The SMILES string of the molecule is Cc1c(Sc2cnc3c(ccn3COCCCS(C)(C)C)n2)ccnc1N. The lowest BCUT2D eigenvalue weighted by atomic mass is 10.3. The number of nitrogen functional groups attached to an aromatic ring is 1. The number of hydrogen-bond donors (Lipinski definition) is 1. The molecule has 0 spiro atoms. The van der Waals surface area contributed by atoms with E-state index in [1.54, 1.807) is 24.2 Å². The fraction of sp³-hybridized carbons (Fsp3) is 0.421. The molecule has 0 unspecified atom stereocenters. The summed E-state index contributed by atoms with van der Waals surface area (Å²) >= 11 is 1.55. The molecule has 0 atom stereocenters. The average Bonchev–Trinajstić information content (AvgIpc) is 3.00. The van der Waals surface area contributed by atoms with Crippen molar-refractivity contribution in [3.63, 3.8) is 0 Å². The van der Waals surface area contributed by atoms with E-state index in [1.165, 1.54) is 5.75 Å². The second-order valence-corrected chi connectivity index (χ2v) is 13.0. The first kappa shape index (κ1) is 20.0. The Morgan fingerprint density at radius 2 is 2.04 bits per heavy atom. The normalized spacial score (nSPS) is 12.6. The van der Waals surface area contributed by atoms with Crippen LogP contribution < -0.4 is 5.73 Å². The van der Waals surface area contributed by atoms with Gasteiger partial charge in [-0.25, -0.2) is 25.0 Å². The molecule has 0 bridgehead atoms. The Morgan fingerprint density at radius 3 is 2.81 bits per heavy atom. The Balaban J connectivity index is 1.63. The van der Waals surface area contributed by atoms with Crippen molar-refractivity contribution in [2.75, 3.05) is 36.9 Å². The summed E-state index contributed by atoms with van der Waals surface area (Å²) in [6, 6.07) is 3.92. The van der Waals surface area contributed by atoms with Crippen LogP contribution in [0, 0.1) is 6.92 Å². The van der Waals surface area contributed by atoms with Crippen molar-refractivity contribution in [3.05, 3.63) is 36.3 Å². The molecule has 3 aromatic rings. The van der Waals surface area contributed by atoms with Gasteiger partial charge in [0.25, 0.3) is 0 Å². The van der Waals surface area contributed by atoms with Crippen LogP contribution in [-0.4, -0.2) is 50.6 Å². The molecule has 3 aromatic heterocycles. The highest BCUT2D eigenvalue weighted by atomic mass is 32.3. The Kier molecular flexibility index (Phi) is 6.29. The van der Waals surface area contributed by atoms with Crippen LogP contribution >= 0.6 is 21.8 Å². The Hall–Kier alpha value is -1.77. The van der Waals surface area contributed by atoms with Gasteiger partial charge in [0.15, 0.2) is 5.65 Å². The van der Waals surface area contributed by atoms with Gasteiger partial charge in [-0.2, -0.15) is 0 Å². The van der Waals surface area contributed by atoms with Gasteiger partial charge < -0.3 is 15.0 Å². The molecule has 0 saturated heterocycles. The van der Waals surface area contributed by atoms with Gasteiger partial charge in [-0.3, -0.25) is 0 Å². The fourth-order valence-electron chi connectivity index (χ4n) is 2.61. The quantitative estimate of drug-likeness (QED) is 0.572. The summed E-state index contributed by atoms with van der Waals surface area (Å²) < 4.78 is 7.82. The van der Waals surface area contributed by atoms with Gasteiger partial charge in [0, 0.05) is 29.5 Å². The zero-order valence-electron chi connectivity index (χ0n) is 16.3. The predicted molar refractivity (Wildman–Crippen MR) is 116 cm³/mol. The van der Waals surface area contributed by atoms with E-state index < -0.39 is 10.0 Å². The van der Waals surface area contributed by atoms with Crippen LogP contribution in [0.4, 0.5) is 5.82 Å². The molecule has 146 valence electrons. The molecular formula is C19H27N5OS2. The maximum atomic E-state index is 5.88. The zero-order valence-corrected chi connectivity index (χ0v) is 17.9. The van der Waals surface area contributed by atoms with Crippen LogP contribution in [0.25, 0.3) is 11.2 Å². The van der Waals surface area contributed by atoms with Gasteiger partial charge in [-0.1, -0.05) is 11.8 Å². The minimum atomic E-state index is -0.453. The summed E-state index contributed by atoms with van der Waals surface area (Å²) in [6.07, 6.45) is 13.6. The highest BCUT2D eigenvalue weighted by molar-refractivity contribution is 8.32. The van der Waals surface area contributed by atoms with E-state index in [0.717, 1.165) is 39.7 Å². The number of fused-ring (bicyclic) bond motifs is 1. The van der Waals surface area contributed by atoms with E-state index in [1.807, 2.05) is 29.8 Å². The minimum Gasteiger partial charge on any atom is -0.383 e. The van der Waals surface area contributed by atoms with Crippen LogP contribution in [0.2, 0.25) is 0 Å². The molecule has 2 N–H and O–H groups in total. The smallest absolute Gasteiger partial charge is 0.160 e. The van der Waals surface area contributed by atoms with E-state index in [0.29, 0.717) is 12.5 Å². The molecule has 0 aliphatic heterocycles. The predicted octanol–water partition coefficient (Wildman–Crippen LogP) is 3.93. The molecule has 3 rings (SSSR count). The van der Waals surface area contributed by atoms with Crippen molar-refractivity contribution in [2.45, 2.75) is 30.0 Å². The van der Waals surface area contributed by atoms with Gasteiger partial charge in [0.1, 0.15) is 23.1 Å². The number of ether oxygens (including phenoxy) is 1. The maximum absolute atomic E-state index is 5.88. The second kappa shape index (κ2) is 8.50. The first-order valence-electron chi connectivity index (χ1n) is 8.78. The third-order valence-electron chi connectivity index (χ3n) is 4.13. The molecule has 27 heavy (non-hydrogen) atoms. The number of nitrogens with zero attached hydrogens (tertiary/aromatic N) is 4. The topological polar surface area (TPSA) is 78.8 Å². The van der Waals surface area contributed by atoms with Gasteiger partial charge >= 0.3 is 0 Å². The highest BCUT2D eigenvalue weighted by Crippen LogP contribution is 2.35. The van der Waals surface area contributed by atoms with E-state index in [-0.39, 0.29) is 0 Å². The van der Waals surface area contributed by atoms with E-state index in [9.17, 15) is 0 Å². The molecule has 0 fully saturated rings. The largest absolute Gasteiger partial charge is 0.383 e. The van der Waals surface area contributed by atoms with Crippen molar-refractivity contribution in [3.8, 4) is 0 Å². The monoisotopic (exact) mass is 405 g/mol. The lowest BCUT2D eigenvalue weighted by molar-refractivity contribution is 0.0805. The van der Waals surface area contributed by atoms with Crippen LogP contribution in [0.1, 0.15) is 12.0 Å². The van der Waals surface area contributed by atoms with Crippen molar-refractivity contribution >= 4 is 38.8 Å². The summed E-state index contributed by atoms with van der Waals surface area (Å²) in [5.74, 6) is 1.78. The van der Waals surface area contributed by atoms with E-state index in [4.69, 9.17) is 15.5 Å². The molecule has 0 amide bonds. The van der Waals surface area contributed by atoms with Crippen LogP contribution in [0.15, 0.2) is 40.6 Å². The Labute approximate surface area is 166 Å².